The SMILES string of the molecule is CN(C)CC1=C(O)C=CC(O)(CN(C)C)C1. The molecule has 0 aliphatic heterocycles. The van der Waals surface area contributed by atoms with E-state index in [0.717, 1.165) is 5.57 Å². The first kappa shape index (κ1) is 13.2. The Balaban J connectivity index is 2.76. The highest BCUT2D eigenvalue weighted by molar-refractivity contribution is 5.30. The Hall–Kier alpha value is -0.840. The fourth-order valence-corrected chi connectivity index (χ4v) is 2.05. The van der Waals surface area contributed by atoms with Gasteiger partial charge in [0.15, 0.2) is 0 Å². The summed E-state index contributed by atoms with van der Waals surface area (Å²) in [6, 6.07) is 0. The van der Waals surface area contributed by atoms with Crippen molar-refractivity contribution in [2.24, 2.45) is 0 Å². The van der Waals surface area contributed by atoms with Crippen LogP contribution in [0.1, 0.15) is 6.42 Å². The molecule has 16 heavy (non-hydrogen) atoms. The minimum atomic E-state index is -0.860. The molecule has 0 saturated carbocycles. The van der Waals surface area contributed by atoms with Crippen LogP contribution in [0.5, 0.6) is 0 Å². The number of rotatable bonds is 4. The van der Waals surface area contributed by atoms with Crippen molar-refractivity contribution in [1.82, 2.24) is 9.80 Å². The maximum absolute atomic E-state index is 10.4. The molecule has 4 nitrogen and oxygen atoms in total. The molecule has 0 bridgehead atoms. The van der Waals surface area contributed by atoms with Crippen molar-refractivity contribution in [2.45, 2.75) is 12.0 Å². The number of aliphatic hydroxyl groups excluding tert-OH is 1. The molecule has 0 spiro atoms. The van der Waals surface area contributed by atoms with Gasteiger partial charge in [-0.3, -0.25) is 0 Å². The first-order valence-corrected chi connectivity index (χ1v) is 5.44. The molecule has 0 heterocycles. The standard InChI is InChI=1S/C12H22N2O2/c1-13(2)8-10-7-12(16,9-14(3)4)6-5-11(10)15/h5-6,15-16H,7-9H2,1-4H3. The summed E-state index contributed by atoms with van der Waals surface area (Å²) in [7, 11) is 7.75. The molecule has 1 aliphatic rings. The van der Waals surface area contributed by atoms with Gasteiger partial charge in [-0.1, -0.05) is 0 Å². The van der Waals surface area contributed by atoms with Crippen LogP contribution >= 0.6 is 0 Å². The molecule has 0 amide bonds. The Morgan fingerprint density at radius 2 is 1.88 bits per heavy atom. The number of nitrogens with zero attached hydrogens (tertiary/aromatic N) is 2. The maximum atomic E-state index is 10.4. The Morgan fingerprint density at radius 1 is 1.25 bits per heavy atom. The van der Waals surface area contributed by atoms with E-state index in [1.807, 2.05) is 38.0 Å². The molecule has 4 heteroatoms. The predicted octanol–water partition coefficient (Wildman–Crippen LogP) is 0.613. The Morgan fingerprint density at radius 3 is 2.38 bits per heavy atom. The van der Waals surface area contributed by atoms with E-state index in [9.17, 15) is 10.2 Å². The summed E-state index contributed by atoms with van der Waals surface area (Å²) in [4.78, 5) is 3.93. The first-order chi connectivity index (χ1) is 7.32. The van der Waals surface area contributed by atoms with Gasteiger partial charge in [-0.05, 0) is 45.9 Å². The van der Waals surface area contributed by atoms with Crippen LogP contribution in [0.4, 0.5) is 0 Å². The second-order valence-corrected chi connectivity index (χ2v) is 5.08. The molecule has 0 radical (unpaired) electrons. The van der Waals surface area contributed by atoms with E-state index in [1.54, 1.807) is 12.2 Å². The van der Waals surface area contributed by atoms with Crippen molar-refractivity contribution in [1.29, 1.82) is 0 Å². The van der Waals surface area contributed by atoms with Gasteiger partial charge >= 0.3 is 0 Å². The summed E-state index contributed by atoms with van der Waals surface area (Å²) < 4.78 is 0. The fraction of sp³-hybridized carbons (Fsp3) is 0.667. The molecule has 0 fully saturated rings. The third-order valence-corrected chi connectivity index (χ3v) is 2.53. The summed E-state index contributed by atoms with van der Waals surface area (Å²) in [6.07, 6.45) is 3.78. The highest BCUT2D eigenvalue weighted by atomic mass is 16.3. The van der Waals surface area contributed by atoms with Crippen LogP contribution in [0, 0.1) is 0 Å². The second kappa shape index (κ2) is 4.99. The van der Waals surface area contributed by atoms with Gasteiger partial charge in [0, 0.05) is 19.5 Å². The molecule has 1 atom stereocenters. The summed E-state index contributed by atoms with van der Waals surface area (Å²) in [5, 5.41) is 20.1. The van der Waals surface area contributed by atoms with E-state index in [1.165, 1.54) is 0 Å². The van der Waals surface area contributed by atoms with Crippen molar-refractivity contribution < 1.29 is 10.2 Å². The highest BCUT2D eigenvalue weighted by Crippen LogP contribution is 2.26. The van der Waals surface area contributed by atoms with Crippen molar-refractivity contribution in [3.05, 3.63) is 23.5 Å². The molecule has 1 rings (SSSR count). The third-order valence-electron chi connectivity index (χ3n) is 2.53. The molecule has 2 N–H and O–H groups in total. The van der Waals surface area contributed by atoms with E-state index in [2.05, 4.69) is 0 Å². The molecular formula is C12H22N2O2. The van der Waals surface area contributed by atoms with Gasteiger partial charge in [0.2, 0.25) is 0 Å². The van der Waals surface area contributed by atoms with Gasteiger partial charge < -0.3 is 20.0 Å². The smallest absolute Gasteiger partial charge is 0.115 e. The lowest BCUT2D eigenvalue weighted by Crippen LogP contribution is -2.41. The van der Waals surface area contributed by atoms with E-state index in [0.29, 0.717) is 19.5 Å². The van der Waals surface area contributed by atoms with E-state index in [-0.39, 0.29) is 5.76 Å². The Bertz CT molecular complexity index is 308. The zero-order chi connectivity index (χ0) is 12.3. The van der Waals surface area contributed by atoms with Crippen LogP contribution < -0.4 is 0 Å². The Labute approximate surface area is 97.5 Å². The summed E-state index contributed by atoms with van der Waals surface area (Å²) in [6.45, 7) is 1.24. The average Bonchev–Trinajstić information content (AvgIpc) is 2.09. The maximum Gasteiger partial charge on any atom is 0.115 e. The predicted molar refractivity (Wildman–Crippen MR) is 65.5 cm³/mol. The van der Waals surface area contributed by atoms with Crippen molar-refractivity contribution in [3.63, 3.8) is 0 Å². The van der Waals surface area contributed by atoms with Gasteiger partial charge in [0.25, 0.3) is 0 Å². The second-order valence-electron chi connectivity index (χ2n) is 5.08. The van der Waals surface area contributed by atoms with Crippen molar-refractivity contribution in [3.8, 4) is 0 Å². The number of allylic oxidation sites excluding steroid dienone is 1. The molecule has 92 valence electrons. The third kappa shape index (κ3) is 3.63. The normalized spacial score (nSPS) is 25.9. The molecule has 0 saturated heterocycles. The molecule has 1 unspecified atom stereocenters. The van der Waals surface area contributed by atoms with Gasteiger partial charge in [0.05, 0.1) is 5.60 Å². The highest BCUT2D eigenvalue weighted by Gasteiger charge is 2.30. The van der Waals surface area contributed by atoms with Gasteiger partial charge in [-0.25, -0.2) is 0 Å². The van der Waals surface area contributed by atoms with E-state index >= 15 is 0 Å². The van der Waals surface area contributed by atoms with Crippen LogP contribution in [0.25, 0.3) is 0 Å². The first-order valence-electron chi connectivity index (χ1n) is 5.44. The summed E-state index contributed by atoms with van der Waals surface area (Å²) >= 11 is 0. The number of likely N-dealkylation sites (N-methyl/N-ethyl adjacent to an activating group) is 2. The number of aliphatic hydroxyl groups is 2. The molecule has 1 aliphatic carbocycles. The van der Waals surface area contributed by atoms with Gasteiger partial charge in [0.1, 0.15) is 5.76 Å². The van der Waals surface area contributed by atoms with Crippen molar-refractivity contribution >= 4 is 0 Å². The largest absolute Gasteiger partial charge is 0.508 e. The quantitative estimate of drug-likeness (QED) is 0.737. The lowest BCUT2D eigenvalue weighted by Gasteiger charge is -2.32. The molecule has 0 aromatic carbocycles. The van der Waals surface area contributed by atoms with E-state index < -0.39 is 5.60 Å². The van der Waals surface area contributed by atoms with Crippen LogP contribution in [0.2, 0.25) is 0 Å². The number of hydrogen-bond donors (Lipinski definition) is 2. The van der Waals surface area contributed by atoms with Gasteiger partial charge in [-0.2, -0.15) is 0 Å². The monoisotopic (exact) mass is 226 g/mol. The summed E-state index contributed by atoms with van der Waals surface area (Å²) in [5.74, 6) is 0.289. The molecular weight excluding hydrogens is 204 g/mol. The minimum absolute atomic E-state index is 0.289. The van der Waals surface area contributed by atoms with Crippen LogP contribution in [0.15, 0.2) is 23.5 Å². The zero-order valence-electron chi connectivity index (χ0n) is 10.6. The summed E-state index contributed by atoms with van der Waals surface area (Å²) in [5.41, 5.74) is 0.0259. The van der Waals surface area contributed by atoms with Crippen molar-refractivity contribution in [2.75, 3.05) is 41.3 Å². The Kier molecular flexibility index (Phi) is 4.13. The van der Waals surface area contributed by atoms with E-state index in [4.69, 9.17) is 0 Å². The average molecular weight is 226 g/mol. The minimum Gasteiger partial charge on any atom is -0.508 e. The van der Waals surface area contributed by atoms with Gasteiger partial charge in [-0.15, -0.1) is 0 Å². The van der Waals surface area contributed by atoms with Crippen LogP contribution in [-0.2, 0) is 0 Å². The topological polar surface area (TPSA) is 46.9 Å². The lowest BCUT2D eigenvalue weighted by molar-refractivity contribution is 0.0570. The zero-order valence-corrected chi connectivity index (χ0v) is 10.6. The molecule has 0 aromatic rings. The fourth-order valence-electron chi connectivity index (χ4n) is 2.05. The number of hydrogen-bond acceptors (Lipinski definition) is 4. The lowest BCUT2D eigenvalue weighted by atomic mass is 9.88. The van der Waals surface area contributed by atoms with Crippen LogP contribution in [-0.4, -0.2) is 66.9 Å². The molecule has 0 aromatic heterocycles. The van der Waals surface area contributed by atoms with Crippen LogP contribution in [0.3, 0.4) is 0 Å².